The zero-order valence-corrected chi connectivity index (χ0v) is 13.7. The van der Waals surface area contributed by atoms with Gasteiger partial charge in [0.05, 0.1) is 17.7 Å². The number of sulfonamides is 1. The Morgan fingerprint density at radius 2 is 2.00 bits per heavy atom. The molecule has 1 aromatic carbocycles. The van der Waals surface area contributed by atoms with E-state index in [0.29, 0.717) is 24.5 Å². The number of nitrogens with one attached hydrogen (secondary N) is 2. The van der Waals surface area contributed by atoms with Gasteiger partial charge in [-0.15, -0.1) is 0 Å². The van der Waals surface area contributed by atoms with Crippen LogP contribution in [0.1, 0.15) is 18.6 Å². The number of carbonyl (C=O) groups is 1. The molecule has 1 fully saturated rings. The molecule has 2 N–H and O–H groups in total. The molecule has 0 aliphatic carbocycles. The van der Waals surface area contributed by atoms with Crippen molar-refractivity contribution in [3.63, 3.8) is 0 Å². The van der Waals surface area contributed by atoms with E-state index in [9.17, 15) is 13.2 Å². The number of anilines is 1. The van der Waals surface area contributed by atoms with Crippen molar-refractivity contribution in [1.82, 2.24) is 4.72 Å². The summed E-state index contributed by atoms with van der Waals surface area (Å²) in [6.45, 7) is 0.670. The molecule has 1 aliphatic heterocycles. The Balaban J connectivity index is 1.61. The second kappa shape index (κ2) is 7.16. The van der Waals surface area contributed by atoms with Crippen LogP contribution < -0.4 is 10.0 Å². The third kappa shape index (κ3) is 4.02. The van der Waals surface area contributed by atoms with Crippen LogP contribution in [0.15, 0.2) is 52.0 Å². The van der Waals surface area contributed by atoms with Gasteiger partial charge in [-0.1, -0.05) is 0 Å². The average Bonchev–Trinajstić information content (AvgIpc) is 3.27. The van der Waals surface area contributed by atoms with Gasteiger partial charge in [-0.3, -0.25) is 4.79 Å². The Bertz CT molecular complexity index is 778. The Morgan fingerprint density at radius 3 is 2.62 bits per heavy atom. The molecule has 1 unspecified atom stereocenters. The fourth-order valence-corrected chi connectivity index (χ4v) is 3.38. The molecule has 1 amide bonds. The summed E-state index contributed by atoms with van der Waals surface area (Å²) in [6.07, 6.45) is 2.63. The first kappa shape index (κ1) is 16.7. The first-order chi connectivity index (χ1) is 11.5. The van der Waals surface area contributed by atoms with Gasteiger partial charge >= 0.3 is 0 Å². The second-order valence-corrected chi connectivity index (χ2v) is 7.19. The standard InChI is InChI=1S/C16H18N2O5S/c19-16(15-4-2-10-23-15)18-12-5-7-14(8-6-12)24(20,21)17-11-13-3-1-9-22-13/h1,3,5-9,15,17H,2,4,10-11H2,(H,18,19). The third-order valence-corrected chi connectivity index (χ3v) is 5.09. The van der Waals surface area contributed by atoms with Gasteiger partial charge in [0, 0.05) is 12.3 Å². The lowest BCUT2D eigenvalue weighted by Crippen LogP contribution is -2.27. The highest BCUT2D eigenvalue weighted by atomic mass is 32.2. The third-order valence-electron chi connectivity index (χ3n) is 3.67. The van der Waals surface area contributed by atoms with Crippen molar-refractivity contribution in [2.24, 2.45) is 0 Å². The van der Waals surface area contributed by atoms with Gasteiger partial charge in [-0.2, -0.15) is 0 Å². The summed E-state index contributed by atoms with van der Waals surface area (Å²) in [4.78, 5) is 12.1. The lowest BCUT2D eigenvalue weighted by Gasteiger charge is -2.11. The molecule has 1 saturated heterocycles. The molecule has 1 aromatic heterocycles. The quantitative estimate of drug-likeness (QED) is 0.829. The summed E-state index contributed by atoms with van der Waals surface area (Å²) in [6, 6.07) is 9.36. The van der Waals surface area contributed by atoms with Crippen LogP contribution in [0.4, 0.5) is 5.69 Å². The van der Waals surface area contributed by atoms with Crippen LogP contribution in [-0.4, -0.2) is 27.0 Å². The molecule has 2 aromatic rings. The summed E-state index contributed by atoms with van der Waals surface area (Å²) in [5.41, 5.74) is 0.528. The number of benzene rings is 1. The van der Waals surface area contributed by atoms with Gasteiger partial charge in [-0.05, 0) is 49.2 Å². The predicted molar refractivity (Wildman–Crippen MR) is 86.8 cm³/mol. The summed E-state index contributed by atoms with van der Waals surface area (Å²) in [5.74, 6) is 0.318. The zero-order chi connectivity index (χ0) is 17.0. The van der Waals surface area contributed by atoms with E-state index in [1.165, 1.54) is 18.4 Å². The average molecular weight is 350 g/mol. The van der Waals surface area contributed by atoms with Gasteiger partial charge in [0.1, 0.15) is 11.9 Å². The Hall–Kier alpha value is -2.16. The van der Waals surface area contributed by atoms with Crippen LogP contribution in [0.3, 0.4) is 0 Å². The molecule has 3 rings (SSSR count). The number of hydrogen-bond acceptors (Lipinski definition) is 5. The molecule has 0 saturated carbocycles. The van der Waals surface area contributed by atoms with Gasteiger partial charge < -0.3 is 14.5 Å². The van der Waals surface area contributed by atoms with Gasteiger partial charge in [0.25, 0.3) is 5.91 Å². The minimum absolute atomic E-state index is 0.0762. The molecule has 8 heteroatoms. The van der Waals surface area contributed by atoms with Crippen LogP contribution in [0.5, 0.6) is 0 Å². The van der Waals surface area contributed by atoms with E-state index < -0.39 is 16.1 Å². The van der Waals surface area contributed by atoms with Crippen molar-refractivity contribution in [2.45, 2.75) is 30.4 Å². The summed E-state index contributed by atoms with van der Waals surface area (Å²) >= 11 is 0. The van der Waals surface area contributed by atoms with E-state index in [0.717, 1.165) is 6.42 Å². The van der Waals surface area contributed by atoms with Crippen LogP contribution in [0, 0.1) is 0 Å². The molecular formula is C16H18N2O5S. The minimum Gasteiger partial charge on any atom is -0.468 e. The maximum absolute atomic E-state index is 12.2. The highest BCUT2D eigenvalue weighted by molar-refractivity contribution is 7.89. The van der Waals surface area contributed by atoms with E-state index in [-0.39, 0.29) is 17.3 Å². The Labute approximate surface area is 140 Å². The molecule has 128 valence electrons. The number of rotatable bonds is 6. The van der Waals surface area contributed by atoms with Crippen molar-refractivity contribution in [3.05, 3.63) is 48.4 Å². The molecule has 7 nitrogen and oxygen atoms in total. The molecule has 0 bridgehead atoms. The molecule has 0 radical (unpaired) electrons. The molecule has 1 aliphatic rings. The highest BCUT2D eigenvalue weighted by Gasteiger charge is 2.23. The van der Waals surface area contributed by atoms with E-state index in [2.05, 4.69) is 10.0 Å². The number of furan rings is 1. The number of amides is 1. The molecule has 24 heavy (non-hydrogen) atoms. The maximum atomic E-state index is 12.2. The Kier molecular flexibility index (Phi) is 4.98. The van der Waals surface area contributed by atoms with Crippen LogP contribution in [0.25, 0.3) is 0 Å². The largest absolute Gasteiger partial charge is 0.468 e. The Morgan fingerprint density at radius 1 is 1.21 bits per heavy atom. The van der Waals surface area contributed by atoms with E-state index in [1.807, 2.05) is 0 Å². The van der Waals surface area contributed by atoms with Crippen molar-refractivity contribution in [1.29, 1.82) is 0 Å². The summed E-state index contributed by atoms with van der Waals surface area (Å²) < 4.78 is 37.3. The molecular weight excluding hydrogens is 332 g/mol. The van der Waals surface area contributed by atoms with Crippen LogP contribution in [0.2, 0.25) is 0 Å². The SMILES string of the molecule is O=C(Nc1ccc(S(=O)(=O)NCc2ccco2)cc1)C1CCCO1. The van der Waals surface area contributed by atoms with E-state index >= 15 is 0 Å². The maximum Gasteiger partial charge on any atom is 0.253 e. The van der Waals surface area contributed by atoms with Crippen LogP contribution in [-0.2, 0) is 26.1 Å². The van der Waals surface area contributed by atoms with Crippen molar-refractivity contribution in [3.8, 4) is 0 Å². The lowest BCUT2D eigenvalue weighted by atomic mass is 10.2. The molecule has 1 atom stereocenters. The first-order valence-electron chi connectivity index (χ1n) is 7.59. The van der Waals surface area contributed by atoms with Gasteiger partial charge in [0.2, 0.25) is 10.0 Å². The fraction of sp³-hybridized carbons (Fsp3) is 0.312. The second-order valence-electron chi connectivity index (χ2n) is 5.42. The van der Waals surface area contributed by atoms with E-state index in [4.69, 9.17) is 9.15 Å². The predicted octanol–water partition coefficient (Wildman–Crippen LogP) is 1.88. The zero-order valence-electron chi connectivity index (χ0n) is 12.9. The number of carbonyl (C=O) groups excluding carboxylic acids is 1. The van der Waals surface area contributed by atoms with Gasteiger partial charge in [0.15, 0.2) is 0 Å². The van der Waals surface area contributed by atoms with Crippen LogP contribution >= 0.6 is 0 Å². The monoisotopic (exact) mass is 350 g/mol. The normalized spacial score (nSPS) is 17.8. The fourth-order valence-electron chi connectivity index (χ4n) is 2.39. The molecule has 2 heterocycles. The molecule has 0 spiro atoms. The van der Waals surface area contributed by atoms with E-state index in [1.54, 1.807) is 24.3 Å². The van der Waals surface area contributed by atoms with Crippen molar-refractivity contribution >= 4 is 21.6 Å². The number of hydrogen-bond donors (Lipinski definition) is 2. The highest BCUT2D eigenvalue weighted by Crippen LogP contribution is 2.17. The minimum atomic E-state index is -3.64. The van der Waals surface area contributed by atoms with Gasteiger partial charge in [-0.25, -0.2) is 13.1 Å². The van der Waals surface area contributed by atoms with Crippen molar-refractivity contribution in [2.75, 3.05) is 11.9 Å². The topological polar surface area (TPSA) is 97.6 Å². The summed E-state index contributed by atoms with van der Waals surface area (Å²) in [5, 5.41) is 2.72. The lowest BCUT2D eigenvalue weighted by molar-refractivity contribution is -0.124. The first-order valence-corrected chi connectivity index (χ1v) is 9.07. The number of ether oxygens (including phenoxy) is 1. The summed E-state index contributed by atoms with van der Waals surface area (Å²) in [7, 11) is -3.64. The van der Waals surface area contributed by atoms with Crippen molar-refractivity contribution < 1.29 is 22.4 Å². The smallest absolute Gasteiger partial charge is 0.253 e.